The van der Waals surface area contributed by atoms with Crippen molar-refractivity contribution < 1.29 is 14.5 Å². The van der Waals surface area contributed by atoms with Crippen LogP contribution in [0.15, 0.2) is 28.7 Å². The molecule has 2 rings (SSSR count). The number of urea groups is 1. The summed E-state index contributed by atoms with van der Waals surface area (Å²) in [5.41, 5.74) is 0.845. The number of imide groups is 1. The van der Waals surface area contributed by atoms with Crippen LogP contribution in [-0.4, -0.2) is 26.6 Å². The maximum Gasteiger partial charge on any atom is 0.325 e. The summed E-state index contributed by atoms with van der Waals surface area (Å²) in [5, 5.41) is 19.5. The quantitative estimate of drug-likeness (QED) is 0.608. The Labute approximate surface area is 145 Å². The summed E-state index contributed by atoms with van der Waals surface area (Å²) in [6.45, 7) is 2.68. The average Bonchev–Trinajstić information content (AvgIpc) is 2.75. The minimum absolute atomic E-state index is 0.137. The molecule has 0 aliphatic carbocycles. The van der Waals surface area contributed by atoms with E-state index in [9.17, 15) is 19.7 Å². The van der Waals surface area contributed by atoms with Gasteiger partial charge < -0.3 is 5.32 Å². The predicted molar refractivity (Wildman–Crippen MR) is 89.7 cm³/mol. The molecule has 126 valence electrons. The maximum absolute atomic E-state index is 11.9. The average molecular weight is 396 g/mol. The smallest absolute Gasteiger partial charge is 0.308 e. The number of aryl methyl sites for hydroxylation is 1. The van der Waals surface area contributed by atoms with E-state index in [2.05, 4.69) is 31.7 Å². The van der Waals surface area contributed by atoms with Crippen LogP contribution in [0.2, 0.25) is 0 Å². The predicted octanol–water partition coefficient (Wildman–Crippen LogP) is 2.52. The molecular weight excluding hydrogens is 382 g/mol. The van der Waals surface area contributed by atoms with Crippen LogP contribution in [-0.2, 0) is 11.3 Å². The topological polar surface area (TPSA) is 119 Å². The SMILES string of the molecule is Cc1nn(CC(=O)NC(=O)Nc2ccc(Br)cc2)c(C)c1[N+](=O)[O-]. The first kappa shape index (κ1) is 17.6. The van der Waals surface area contributed by atoms with Crippen LogP contribution in [0, 0.1) is 24.0 Å². The number of carbonyl (C=O) groups is 2. The van der Waals surface area contributed by atoms with Crippen molar-refractivity contribution in [1.82, 2.24) is 15.1 Å². The third-order valence-corrected chi connectivity index (χ3v) is 3.70. The number of nitrogens with zero attached hydrogens (tertiary/aromatic N) is 3. The highest BCUT2D eigenvalue weighted by Crippen LogP contribution is 2.21. The fourth-order valence-corrected chi connectivity index (χ4v) is 2.37. The molecule has 2 N–H and O–H groups in total. The summed E-state index contributed by atoms with van der Waals surface area (Å²) in [6, 6.07) is 6.12. The second-order valence-electron chi connectivity index (χ2n) is 4.94. The van der Waals surface area contributed by atoms with Crippen LogP contribution in [0.5, 0.6) is 0 Å². The molecule has 0 bridgehead atoms. The zero-order chi connectivity index (χ0) is 17.9. The Balaban J connectivity index is 1.98. The first-order chi connectivity index (χ1) is 11.3. The molecule has 0 spiro atoms. The highest BCUT2D eigenvalue weighted by atomic mass is 79.9. The van der Waals surface area contributed by atoms with Gasteiger partial charge in [-0.25, -0.2) is 4.79 Å². The molecule has 0 saturated carbocycles. The van der Waals surface area contributed by atoms with Crippen molar-refractivity contribution >= 4 is 39.2 Å². The number of carbonyl (C=O) groups excluding carboxylic acids is 2. The second kappa shape index (κ2) is 7.21. The van der Waals surface area contributed by atoms with Crippen molar-refractivity contribution in [2.45, 2.75) is 20.4 Å². The number of hydrogen-bond acceptors (Lipinski definition) is 5. The number of aromatic nitrogens is 2. The molecule has 0 aliphatic heterocycles. The molecule has 0 fully saturated rings. The number of halogens is 1. The zero-order valence-corrected chi connectivity index (χ0v) is 14.5. The summed E-state index contributed by atoms with van der Waals surface area (Å²) in [7, 11) is 0. The van der Waals surface area contributed by atoms with Gasteiger partial charge in [-0.05, 0) is 38.1 Å². The first-order valence-corrected chi connectivity index (χ1v) is 7.62. The number of nitrogens with one attached hydrogen (secondary N) is 2. The van der Waals surface area contributed by atoms with Gasteiger partial charge in [0.15, 0.2) is 0 Å². The number of amides is 3. The summed E-state index contributed by atoms with van der Waals surface area (Å²) in [4.78, 5) is 34.1. The molecule has 0 atom stereocenters. The fourth-order valence-electron chi connectivity index (χ4n) is 2.10. The molecule has 3 amide bonds. The Kier molecular flexibility index (Phi) is 5.29. The third-order valence-electron chi connectivity index (χ3n) is 3.17. The van der Waals surface area contributed by atoms with Crippen LogP contribution in [0.3, 0.4) is 0 Å². The normalized spacial score (nSPS) is 10.3. The molecule has 1 aromatic carbocycles. The van der Waals surface area contributed by atoms with E-state index in [1.807, 2.05) is 0 Å². The molecule has 0 unspecified atom stereocenters. The minimum Gasteiger partial charge on any atom is -0.308 e. The Morgan fingerprint density at radius 1 is 1.29 bits per heavy atom. The van der Waals surface area contributed by atoms with Crippen LogP contribution >= 0.6 is 15.9 Å². The van der Waals surface area contributed by atoms with Crippen molar-refractivity contribution in [3.63, 3.8) is 0 Å². The van der Waals surface area contributed by atoms with Gasteiger partial charge in [0, 0.05) is 10.2 Å². The van der Waals surface area contributed by atoms with Gasteiger partial charge in [-0.1, -0.05) is 15.9 Å². The number of hydrogen-bond donors (Lipinski definition) is 2. The largest absolute Gasteiger partial charge is 0.325 e. The summed E-state index contributed by atoms with van der Waals surface area (Å²) < 4.78 is 2.05. The van der Waals surface area contributed by atoms with Crippen molar-refractivity contribution in [2.24, 2.45) is 0 Å². The van der Waals surface area contributed by atoms with E-state index < -0.39 is 16.9 Å². The molecule has 0 saturated heterocycles. The van der Waals surface area contributed by atoms with Crippen LogP contribution < -0.4 is 10.6 Å². The van der Waals surface area contributed by atoms with E-state index in [0.29, 0.717) is 5.69 Å². The van der Waals surface area contributed by atoms with Crippen LogP contribution in [0.4, 0.5) is 16.2 Å². The number of benzene rings is 1. The highest BCUT2D eigenvalue weighted by molar-refractivity contribution is 9.10. The van der Waals surface area contributed by atoms with E-state index in [1.165, 1.54) is 18.5 Å². The summed E-state index contributed by atoms with van der Waals surface area (Å²) in [6.07, 6.45) is 0. The number of nitro groups is 1. The van der Waals surface area contributed by atoms with E-state index in [0.717, 1.165) is 4.47 Å². The van der Waals surface area contributed by atoms with Crippen molar-refractivity contribution in [3.05, 3.63) is 50.2 Å². The monoisotopic (exact) mass is 395 g/mol. The third kappa shape index (κ3) is 4.16. The highest BCUT2D eigenvalue weighted by Gasteiger charge is 2.23. The molecule has 0 radical (unpaired) electrons. The Bertz CT molecular complexity index is 800. The lowest BCUT2D eigenvalue weighted by atomic mass is 10.3. The van der Waals surface area contributed by atoms with Gasteiger partial charge in [0.25, 0.3) is 0 Å². The molecular formula is C14H14BrN5O4. The van der Waals surface area contributed by atoms with E-state index in [-0.39, 0.29) is 23.6 Å². The van der Waals surface area contributed by atoms with Gasteiger partial charge in [-0.3, -0.25) is 24.9 Å². The zero-order valence-electron chi connectivity index (χ0n) is 12.9. The minimum atomic E-state index is -0.696. The van der Waals surface area contributed by atoms with Crippen LogP contribution in [0.1, 0.15) is 11.4 Å². The number of anilines is 1. The van der Waals surface area contributed by atoms with Gasteiger partial charge in [0.1, 0.15) is 17.9 Å². The van der Waals surface area contributed by atoms with E-state index in [4.69, 9.17) is 0 Å². The van der Waals surface area contributed by atoms with Gasteiger partial charge in [0.05, 0.1) is 4.92 Å². The van der Waals surface area contributed by atoms with Gasteiger partial charge in [-0.15, -0.1) is 0 Å². The molecule has 1 heterocycles. The molecule has 24 heavy (non-hydrogen) atoms. The molecule has 0 aliphatic rings. The summed E-state index contributed by atoms with van der Waals surface area (Å²) in [5.74, 6) is -0.634. The molecule has 1 aromatic heterocycles. The van der Waals surface area contributed by atoms with E-state index in [1.54, 1.807) is 24.3 Å². The molecule has 9 nitrogen and oxygen atoms in total. The molecule has 10 heteroatoms. The molecule has 2 aromatic rings. The van der Waals surface area contributed by atoms with Gasteiger partial charge >= 0.3 is 11.7 Å². The maximum atomic E-state index is 11.9. The lowest BCUT2D eigenvalue weighted by Gasteiger charge is -2.07. The standard InChI is InChI=1S/C14H14BrN5O4/c1-8-13(20(23)24)9(2)19(18-8)7-12(21)17-14(22)16-11-5-3-10(15)4-6-11/h3-6H,7H2,1-2H3,(H2,16,17,21,22). The fraction of sp³-hybridized carbons (Fsp3) is 0.214. The van der Waals surface area contributed by atoms with Crippen molar-refractivity contribution in [2.75, 3.05) is 5.32 Å². The second-order valence-corrected chi connectivity index (χ2v) is 5.86. The van der Waals surface area contributed by atoms with Gasteiger partial charge in [0.2, 0.25) is 5.91 Å². The Hall–Kier alpha value is -2.75. The van der Waals surface area contributed by atoms with Crippen LogP contribution in [0.25, 0.3) is 0 Å². The lowest BCUT2D eigenvalue weighted by Crippen LogP contribution is -2.36. The van der Waals surface area contributed by atoms with Crippen molar-refractivity contribution in [1.29, 1.82) is 0 Å². The Morgan fingerprint density at radius 3 is 2.46 bits per heavy atom. The van der Waals surface area contributed by atoms with Gasteiger partial charge in [-0.2, -0.15) is 5.10 Å². The summed E-state index contributed by atoms with van der Waals surface area (Å²) >= 11 is 3.27. The Morgan fingerprint density at radius 2 is 1.92 bits per heavy atom. The van der Waals surface area contributed by atoms with Crippen molar-refractivity contribution in [3.8, 4) is 0 Å². The first-order valence-electron chi connectivity index (χ1n) is 6.82. The lowest BCUT2D eigenvalue weighted by molar-refractivity contribution is -0.386. The van der Waals surface area contributed by atoms with E-state index >= 15 is 0 Å². The number of rotatable bonds is 4.